The molecule has 0 saturated heterocycles. The first kappa shape index (κ1) is 9.83. The second-order valence-corrected chi connectivity index (χ2v) is 2.43. The van der Waals surface area contributed by atoms with E-state index in [4.69, 9.17) is 14.7 Å². The summed E-state index contributed by atoms with van der Waals surface area (Å²) < 4.78 is 10.3. The van der Waals surface area contributed by atoms with Gasteiger partial charge in [-0.3, -0.25) is 0 Å². The Balaban J connectivity index is 2.40. The topological polar surface area (TPSA) is 50.7 Å². The zero-order chi connectivity index (χ0) is 9.52. The van der Waals surface area contributed by atoms with Gasteiger partial charge in [0.15, 0.2) is 0 Å². The van der Waals surface area contributed by atoms with Crippen molar-refractivity contribution in [3.05, 3.63) is 24.3 Å². The van der Waals surface area contributed by atoms with Crippen LogP contribution in [-0.4, -0.2) is 25.5 Å². The molecular formula is C9H13NO3. The van der Waals surface area contributed by atoms with Crippen molar-refractivity contribution in [3.63, 3.8) is 0 Å². The van der Waals surface area contributed by atoms with Crippen LogP contribution in [0.4, 0.5) is 0 Å². The summed E-state index contributed by atoms with van der Waals surface area (Å²) in [6.45, 7) is 0.842. The van der Waals surface area contributed by atoms with E-state index in [1.807, 2.05) is 29.7 Å². The Hall–Kier alpha value is -1.26. The van der Waals surface area contributed by atoms with E-state index < -0.39 is 0 Å². The lowest BCUT2D eigenvalue weighted by atomic mass is 10.3. The third kappa shape index (κ3) is 3.31. The number of benzene rings is 1. The van der Waals surface area contributed by atoms with Crippen LogP contribution in [0.3, 0.4) is 0 Å². The number of methoxy groups -OCH3 is 1. The average molecular weight is 183 g/mol. The summed E-state index contributed by atoms with van der Waals surface area (Å²) in [4.78, 5) is 0. The smallest absolute Gasteiger partial charge is 0.119 e. The van der Waals surface area contributed by atoms with E-state index in [1.54, 1.807) is 7.11 Å². The number of nitrogens with one attached hydrogen (secondary N) is 1. The van der Waals surface area contributed by atoms with Crippen molar-refractivity contribution in [2.75, 3.05) is 20.3 Å². The fourth-order valence-electron chi connectivity index (χ4n) is 0.886. The second kappa shape index (κ2) is 5.40. The first-order valence-electron chi connectivity index (χ1n) is 4.00. The van der Waals surface area contributed by atoms with Gasteiger partial charge in [-0.15, -0.1) is 0 Å². The van der Waals surface area contributed by atoms with Crippen LogP contribution < -0.4 is 15.0 Å². The number of ether oxygens (including phenoxy) is 2. The third-order valence-electron chi connectivity index (χ3n) is 1.54. The highest BCUT2D eigenvalue weighted by atomic mass is 16.5. The van der Waals surface area contributed by atoms with Crippen LogP contribution in [0.2, 0.25) is 0 Å². The third-order valence-corrected chi connectivity index (χ3v) is 1.54. The van der Waals surface area contributed by atoms with Gasteiger partial charge in [0, 0.05) is 0 Å². The molecule has 0 fully saturated rings. The number of rotatable bonds is 5. The van der Waals surface area contributed by atoms with Crippen molar-refractivity contribution in [3.8, 4) is 11.5 Å². The van der Waals surface area contributed by atoms with E-state index in [2.05, 4.69) is 0 Å². The Kier molecular flexibility index (Phi) is 4.08. The van der Waals surface area contributed by atoms with E-state index in [0.717, 1.165) is 11.5 Å². The van der Waals surface area contributed by atoms with Crippen LogP contribution in [0.15, 0.2) is 24.3 Å². The van der Waals surface area contributed by atoms with Crippen LogP contribution in [0.1, 0.15) is 0 Å². The molecule has 0 aliphatic heterocycles. The molecule has 0 unspecified atom stereocenters. The summed E-state index contributed by atoms with van der Waals surface area (Å²) in [6, 6.07) is 7.27. The first-order valence-corrected chi connectivity index (χ1v) is 4.00. The molecule has 0 atom stereocenters. The molecule has 1 rings (SSSR count). The normalized spacial score (nSPS) is 9.69. The van der Waals surface area contributed by atoms with Crippen molar-refractivity contribution in [1.29, 1.82) is 0 Å². The van der Waals surface area contributed by atoms with E-state index in [0.29, 0.717) is 13.2 Å². The van der Waals surface area contributed by atoms with Gasteiger partial charge in [0.05, 0.1) is 13.7 Å². The van der Waals surface area contributed by atoms with Crippen LogP contribution in [0.25, 0.3) is 0 Å². The molecule has 0 saturated carbocycles. The van der Waals surface area contributed by atoms with Gasteiger partial charge in [0.25, 0.3) is 0 Å². The molecule has 0 aliphatic rings. The van der Waals surface area contributed by atoms with Crippen LogP contribution in [-0.2, 0) is 0 Å². The minimum Gasteiger partial charge on any atom is -0.497 e. The van der Waals surface area contributed by atoms with Crippen molar-refractivity contribution >= 4 is 0 Å². The lowest BCUT2D eigenvalue weighted by Crippen LogP contribution is -2.16. The SMILES string of the molecule is COc1ccc(OCCNO)cc1. The van der Waals surface area contributed by atoms with Crippen molar-refractivity contribution in [1.82, 2.24) is 5.48 Å². The minimum absolute atomic E-state index is 0.409. The summed E-state index contributed by atoms with van der Waals surface area (Å²) in [5.74, 6) is 1.56. The number of hydrogen-bond acceptors (Lipinski definition) is 4. The molecular weight excluding hydrogens is 170 g/mol. The zero-order valence-electron chi connectivity index (χ0n) is 7.49. The van der Waals surface area contributed by atoms with Crippen LogP contribution in [0.5, 0.6) is 11.5 Å². The summed E-state index contributed by atoms with van der Waals surface area (Å²) in [5.41, 5.74) is 2.01. The quantitative estimate of drug-likeness (QED) is 0.529. The van der Waals surface area contributed by atoms with Crippen LogP contribution in [0, 0.1) is 0 Å². The molecule has 4 heteroatoms. The van der Waals surface area contributed by atoms with Gasteiger partial charge in [0.1, 0.15) is 18.1 Å². The lowest BCUT2D eigenvalue weighted by Gasteiger charge is -2.05. The molecule has 0 spiro atoms. The molecule has 72 valence electrons. The van der Waals surface area contributed by atoms with Gasteiger partial charge in [-0.05, 0) is 24.3 Å². The van der Waals surface area contributed by atoms with Crippen LogP contribution >= 0.6 is 0 Å². The van der Waals surface area contributed by atoms with Gasteiger partial charge < -0.3 is 14.7 Å². The monoisotopic (exact) mass is 183 g/mol. The molecule has 0 radical (unpaired) electrons. The van der Waals surface area contributed by atoms with Gasteiger partial charge >= 0.3 is 0 Å². The highest BCUT2D eigenvalue weighted by Gasteiger charge is 1.93. The highest BCUT2D eigenvalue weighted by Crippen LogP contribution is 2.16. The standard InChI is InChI=1S/C9H13NO3/c1-12-8-2-4-9(5-3-8)13-7-6-10-11/h2-5,10-11H,6-7H2,1H3. The Morgan fingerprint density at radius 3 is 2.38 bits per heavy atom. The summed E-state index contributed by atoms with van der Waals surface area (Å²) in [6.07, 6.45) is 0. The van der Waals surface area contributed by atoms with Gasteiger partial charge in [0.2, 0.25) is 0 Å². The zero-order valence-corrected chi connectivity index (χ0v) is 7.49. The van der Waals surface area contributed by atoms with E-state index >= 15 is 0 Å². The maximum atomic E-state index is 8.28. The Labute approximate surface area is 77.1 Å². The second-order valence-electron chi connectivity index (χ2n) is 2.43. The average Bonchev–Trinajstić information content (AvgIpc) is 2.19. The first-order chi connectivity index (χ1) is 6.36. The van der Waals surface area contributed by atoms with E-state index in [9.17, 15) is 0 Å². The summed E-state index contributed by atoms with van der Waals surface area (Å²) in [7, 11) is 1.62. The van der Waals surface area contributed by atoms with Crippen molar-refractivity contribution in [2.45, 2.75) is 0 Å². The maximum Gasteiger partial charge on any atom is 0.119 e. The molecule has 1 aromatic carbocycles. The Morgan fingerprint density at radius 1 is 1.23 bits per heavy atom. The fraction of sp³-hybridized carbons (Fsp3) is 0.333. The molecule has 0 amide bonds. The molecule has 4 nitrogen and oxygen atoms in total. The summed E-state index contributed by atoms with van der Waals surface area (Å²) in [5, 5.41) is 8.28. The largest absolute Gasteiger partial charge is 0.497 e. The Bertz CT molecular complexity index is 235. The maximum absolute atomic E-state index is 8.28. The molecule has 0 aliphatic carbocycles. The predicted octanol–water partition coefficient (Wildman–Crippen LogP) is 1.05. The van der Waals surface area contributed by atoms with Crippen molar-refractivity contribution < 1.29 is 14.7 Å². The fourth-order valence-corrected chi connectivity index (χ4v) is 0.886. The Morgan fingerprint density at radius 2 is 1.85 bits per heavy atom. The van der Waals surface area contributed by atoms with E-state index in [1.165, 1.54) is 0 Å². The van der Waals surface area contributed by atoms with Crippen molar-refractivity contribution in [2.24, 2.45) is 0 Å². The number of hydrogen-bond donors (Lipinski definition) is 2. The highest BCUT2D eigenvalue weighted by molar-refractivity contribution is 5.31. The summed E-state index contributed by atoms with van der Waals surface area (Å²) >= 11 is 0. The van der Waals surface area contributed by atoms with Gasteiger partial charge in [-0.1, -0.05) is 0 Å². The minimum atomic E-state index is 0.409. The van der Waals surface area contributed by atoms with E-state index in [-0.39, 0.29) is 0 Å². The molecule has 2 N–H and O–H groups in total. The molecule has 1 aromatic rings. The molecule has 13 heavy (non-hydrogen) atoms. The van der Waals surface area contributed by atoms with Gasteiger partial charge in [-0.25, -0.2) is 5.48 Å². The number of hydroxylamine groups is 1. The molecule has 0 aromatic heterocycles. The predicted molar refractivity (Wildman–Crippen MR) is 48.3 cm³/mol. The lowest BCUT2D eigenvalue weighted by molar-refractivity contribution is 0.145. The molecule has 0 heterocycles. The van der Waals surface area contributed by atoms with Gasteiger partial charge in [-0.2, -0.15) is 0 Å². The molecule has 0 bridgehead atoms.